The number of aromatic nitrogens is 1. The second-order valence-electron chi connectivity index (χ2n) is 5.37. The van der Waals surface area contributed by atoms with Crippen LogP contribution in [0.3, 0.4) is 0 Å². The summed E-state index contributed by atoms with van der Waals surface area (Å²) in [5.41, 5.74) is 6.57. The van der Waals surface area contributed by atoms with Gasteiger partial charge in [0.25, 0.3) is 0 Å². The van der Waals surface area contributed by atoms with Crippen LogP contribution in [0.1, 0.15) is 32.1 Å². The van der Waals surface area contributed by atoms with Crippen molar-refractivity contribution < 1.29 is 4.74 Å². The van der Waals surface area contributed by atoms with Crippen molar-refractivity contribution in [3.8, 4) is 5.88 Å². The summed E-state index contributed by atoms with van der Waals surface area (Å²) in [6, 6.07) is 3.92. The number of anilines is 2. The van der Waals surface area contributed by atoms with Crippen molar-refractivity contribution in [3.05, 3.63) is 12.1 Å². The largest absolute Gasteiger partial charge is 0.476 e. The van der Waals surface area contributed by atoms with Crippen molar-refractivity contribution in [1.29, 1.82) is 0 Å². The van der Waals surface area contributed by atoms with E-state index < -0.39 is 0 Å². The lowest BCUT2D eigenvalue weighted by atomic mass is 10.1. The second kappa shape index (κ2) is 5.04. The van der Waals surface area contributed by atoms with E-state index in [4.69, 9.17) is 10.5 Å². The lowest BCUT2D eigenvalue weighted by Crippen LogP contribution is -2.30. The molecule has 4 heteroatoms. The molecule has 0 spiro atoms. The van der Waals surface area contributed by atoms with Crippen molar-refractivity contribution in [2.45, 2.75) is 32.1 Å². The first-order valence-corrected chi connectivity index (χ1v) is 6.97. The number of nitrogens with two attached hydrogens (primary N) is 1. The molecular weight excluding hydrogens is 226 g/mol. The van der Waals surface area contributed by atoms with Crippen molar-refractivity contribution >= 4 is 11.5 Å². The van der Waals surface area contributed by atoms with Gasteiger partial charge in [-0.15, -0.1) is 0 Å². The summed E-state index contributed by atoms with van der Waals surface area (Å²) >= 11 is 0. The van der Waals surface area contributed by atoms with Gasteiger partial charge in [0.05, 0.1) is 12.3 Å². The first kappa shape index (κ1) is 11.6. The molecule has 2 heterocycles. The van der Waals surface area contributed by atoms with E-state index in [1.54, 1.807) is 0 Å². The van der Waals surface area contributed by atoms with Gasteiger partial charge in [-0.2, -0.15) is 4.98 Å². The lowest BCUT2D eigenvalue weighted by molar-refractivity contribution is 0.290. The zero-order valence-electron chi connectivity index (χ0n) is 10.8. The Morgan fingerprint density at radius 3 is 2.72 bits per heavy atom. The van der Waals surface area contributed by atoms with Crippen molar-refractivity contribution in [2.75, 3.05) is 30.3 Å². The maximum Gasteiger partial charge on any atom is 0.239 e. The van der Waals surface area contributed by atoms with E-state index in [-0.39, 0.29) is 0 Å². The van der Waals surface area contributed by atoms with Crippen LogP contribution in [0.4, 0.5) is 11.5 Å². The summed E-state index contributed by atoms with van der Waals surface area (Å²) < 4.78 is 5.73. The highest BCUT2D eigenvalue weighted by atomic mass is 16.5. The number of nitrogen functional groups attached to an aromatic ring is 1. The van der Waals surface area contributed by atoms with Crippen molar-refractivity contribution in [1.82, 2.24) is 4.98 Å². The molecule has 98 valence electrons. The molecule has 1 aliphatic carbocycles. The Bertz CT molecular complexity index is 412. The van der Waals surface area contributed by atoms with Gasteiger partial charge in [0.1, 0.15) is 5.82 Å². The molecule has 2 N–H and O–H groups in total. The Morgan fingerprint density at radius 1 is 1.22 bits per heavy atom. The Morgan fingerprint density at radius 2 is 2.00 bits per heavy atom. The Labute approximate surface area is 108 Å². The fourth-order valence-electron chi connectivity index (χ4n) is 2.34. The lowest BCUT2D eigenvalue weighted by Gasteiger charge is -2.28. The molecule has 0 bridgehead atoms. The fourth-order valence-corrected chi connectivity index (χ4v) is 2.34. The summed E-state index contributed by atoms with van der Waals surface area (Å²) in [6.07, 6.45) is 6.41. The number of piperidine rings is 1. The van der Waals surface area contributed by atoms with Gasteiger partial charge in [0.2, 0.25) is 5.88 Å². The monoisotopic (exact) mass is 247 g/mol. The van der Waals surface area contributed by atoms with Crippen LogP contribution in [0.5, 0.6) is 5.88 Å². The Kier molecular flexibility index (Phi) is 3.26. The van der Waals surface area contributed by atoms with Gasteiger partial charge < -0.3 is 15.4 Å². The summed E-state index contributed by atoms with van der Waals surface area (Å²) in [6.45, 7) is 2.96. The predicted octanol–water partition coefficient (Wildman–Crippen LogP) is 2.44. The highest BCUT2D eigenvalue weighted by Crippen LogP contribution is 2.31. The predicted molar refractivity (Wildman–Crippen MR) is 72.9 cm³/mol. The smallest absolute Gasteiger partial charge is 0.239 e. The van der Waals surface area contributed by atoms with Gasteiger partial charge in [0, 0.05) is 13.1 Å². The Hall–Kier alpha value is -1.45. The molecule has 18 heavy (non-hydrogen) atoms. The number of rotatable bonds is 4. The molecule has 1 aliphatic heterocycles. The number of hydrogen-bond acceptors (Lipinski definition) is 4. The third-order valence-corrected chi connectivity index (χ3v) is 3.71. The molecule has 2 fully saturated rings. The Balaban J connectivity index is 1.71. The minimum absolute atomic E-state index is 0.616. The van der Waals surface area contributed by atoms with E-state index in [1.165, 1.54) is 32.1 Å². The SMILES string of the molecule is Nc1ccc(N2CCCCC2)nc1OCC1CC1. The standard InChI is InChI=1S/C14H21N3O/c15-12-6-7-13(17-8-2-1-3-9-17)16-14(12)18-10-11-4-5-11/h6-7,11H,1-5,8-10,15H2. The minimum Gasteiger partial charge on any atom is -0.476 e. The molecule has 0 amide bonds. The van der Waals surface area contributed by atoms with Crippen LogP contribution in [0.2, 0.25) is 0 Å². The normalized spacial score (nSPS) is 19.9. The number of pyridine rings is 1. The van der Waals surface area contributed by atoms with Crippen LogP contribution in [-0.2, 0) is 0 Å². The van der Waals surface area contributed by atoms with Gasteiger partial charge in [-0.05, 0) is 50.2 Å². The van der Waals surface area contributed by atoms with E-state index in [1.807, 2.05) is 12.1 Å². The molecule has 0 atom stereocenters. The quantitative estimate of drug-likeness (QED) is 0.888. The first-order chi connectivity index (χ1) is 8.83. The topological polar surface area (TPSA) is 51.4 Å². The van der Waals surface area contributed by atoms with E-state index in [0.29, 0.717) is 11.6 Å². The summed E-state index contributed by atoms with van der Waals surface area (Å²) in [7, 11) is 0. The number of hydrogen-bond donors (Lipinski definition) is 1. The van der Waals surface area contributed by atoms with Crippen LogP contribution in [-0.4, -0.2) is 24.7 Å². The summed E-state index contributed by atoms with van der Waals surface area (Å²) in [5.74, 6) is 2.35. The molecule has 3 rings (SSSR count). The zero-order chi connectivity index (χ0) is 12.4. The fraction of sp³-hybridized carbons (Fsp3) is 0.643. The summed E-state index contributed by atoms with van der Waals surface area (Å²) in [4.78, 5) is 6.90. The first-order valence-electron chi connectivity index (χ1n) is 6.97. The molecule has 1 aromatic rings. The molecule has 0 radical (unpaired) electrons. The van der Waals surface area contributed by atoms with Crippen LogP contribution in [0, 0.1) is 5.92 Å². The molecule has 2 aliphatic rings. The molecule has 1 saturated carbocycles. The molecule has 0 unspecified atom stereocenters. The van der Waals surface area contributed by atoms with Crippen LogP contribution >= 0.6 is 0 Å². The van der Waals surface area contributed by atoms with Gasteiger partial charge in [-0.3, -0.25) is 0 Å². The van der Waals surface area contributed by atoms with Crippen LogP contribution in [0.25, 0.3) is 0 Å². The van der Waals surface area contributed by atoms with Crippen molar-refractivity contribution in [2.24, 2.45) is 5.92 Å². The number of nitrogens with zero attached hydrogens (tertiary/aromatic N) is 2. The van der Waals surface area contributed by atoms with E-state index >= 15 is 0 Å². The maximum absolute atomic E-state index is 5.92. The number of ether oxygens (including phenoxy) is 1. The van der Waals surface area contributed by atoms with Gasteiger partial charge >= 0.3 is 0 Å². The highest BCUT2D eigenvalue weighted by Gasteiger charge is 2.23. The highest BCUT2D eigenvalue weighted by molar-refractivity contribution is 5.54. The van der Waals surface area contributed by atoms with Gasteiger partial charge in [-0.25, -0.2) is 0 Å². The second-order valence-corrected chi connectivity index (χ2v) is 5.37. The minimum atomic E-state index is 0.616. The van der Waals surface area contributed by atoms with E-state index in [2.05, 4.69) is 9.88 Å². The molecular formula is C14H21N3O. The average molecular weight is 247 g/mol. The average Bonchev–Trinajstić information content (AvgIpc) is 3.23. The van der Waals surface area contributed by atoms with Crippen molar-refractivity contribution in [3.63, 3.8) is 0 Å². The zero-order valence-corrected chi connectivity index (χ0v) is 10.8. The van der Waals surface area contributed by atoms with Crippen LogP contribution < -0.4 is 15.4 Å². The van der Waals surface area contributed by atoms with Crippen LogP contribution in [0.15, 0.2) is 12.1 Å². The van der Waals surface area contributed by atoms with E-state index in [9.17, 15) is 0 Å². The molecule has 4 nitrogen and oxygen atoms in total. The molecule has 1 saturated heterocycles. The third kappa shape index (κ3) is 2.68. The van der Waals surface area contributed by atoms with E-state index in [0.717, 1.165) is 31.4 Å². The maximum atomic E-state index is 5.92. The summed E-state index contributed by atoms with van der Waals surface area (Å²) in [5, 5.41) is 0. The van der Waals surface area contributed by atoms with Gasteiger partial charge in [-0.1, -0.05) is 0 Å². The third-order valence-electron chi connectivity index (χ3n) is 3.71. The molecule has 0 aromatic carbocycles. The molecule has 1 aromatic heterocycles. The van der Waals surface area contributed by atoms with Gasteiger partial charge in [0.15, 0.2) is 0 Å².